The van der Waals surface area contributed by atoms with Gasteiger partial charge < -0.3 is 14.6 Å². The van der Waals surface area contributed by atoms with E-state index in [9.17, 15) is 9.59 Å². The highest BCUT2D eigenvalue weighted by Crippen LogP contribution is 2.15. The van der Waals surface area contributed by atoms with E-state index in [0.29, 0.717) is 43.3 Å². The van der Waals surface area contributed by atoms with Crippen LogP contribution in [0.25, 0.3) is 11.0 Å². The van der Waals surface area contributed by atoms with Crippen LogP contribution in [0, 0.1) is 5.92 Å². The second-order valence-electron chi connectivity index (χ2n) is 6.65. The second kappa shape index (κ2) is 8.48. The maximum Gasteiger partial charge on any atom is 0.326 e. The number of carbonyl (C=O) groups is 1. The van der Waals surface area contributed by atoms with Gasteiger partial charge in [-0.1, -0.05) is 0 Å². The lowest BCUT2D eigenvalue weighted by Gasteiger charge is -2.19. The predicted octanol–water partition coefficient (Wildman–Crippen LogP) is 0.552. The highest BCUT2D eigenvalue weighted by atomic mass is 16.5. The third-order valence-electron chi connectivity index (χ3n) is 4.81. The average molecular weight is 361 g/mol. The van der Waals surface area contributed by atoms with Gasteiger partial charge >= 0.3 is 5.69 Å². The van der Waals surface area contributed by atoms with Crippen LogP contribution in [-0.4, -0.2) is 60.3 Å². The largest absolute Gasteiger partial charge is 0.380 e. The number of hydrogen-bond acceptors (Lipinski definition) is 5. The number of nitrogens with zero attached hydrogens (tertiary/aromatic N) is 2. The van der Waals surface area contributed by atoms with Crippen molar-refractivity contribution in [3.63, 3.8) is 0 Å². The van der Waals surface area contributed by atoms with Crippen LogP contribution in [0.5, 0.6) is 0 Å². The Balaban J connectivity index is 1.69. The molecule has 1 aromatic heterocycles. The first-order chi connectivity index (χ1) is 12.6. The van der Waals surface area contributed by atoms with E-state index in [2.05, 4.69) is 15.8 Å². The zero-order valence-corrected chi connectivity index (χ0v) is 15.4. The number of nitrogens with one attached hydrogen (secondary N) is 3. The molecular weight excluding hydrogens is 334 g/mol. The van der Waals surface area contributed by atoms with Gasteiger partial charge in [0.1, 0.15) is 0 Å². The number of hydrazine groups is 1. The van der Waals surface area contributed by atoms with Gasteiger partial charge in [-0.15, -0.1) is 0 Å². The molecule has 0 aliphatic carbocycles. The van der Waals surface area contributed by atoms with E-state index >= 15 is 0 Å². The minimum Gasteiger partial charge on any atom is -0.380 e. The minimum atomic E-state index is -0.182. The van der Waals surface area contributed by atoms with E-state index in [1.807, 2.05) is 20.0 Å². The Bertz CT molecular complexity index is 807. The van der Waals surface area contributed by atoms with Crippen LogP contribution < -0.4 is 16.5 Å². The Labute approximate surface area is 152 Å². The molecule has 0 unspecified atom stereocenters. The summed E-state index contributed by atoms with van der Waals surface area (Å²) in [6.45, 7) is 6.09. The van der Waals surface area contributed by atoms with E-state index < -0.39 is 0 Å². The number of fused-ring (bicyclic) bond motifs is 1. The Morgan fingerprint density at radius 1 is 1.35 bits per heavy atom. The van der Waals surface area contributed by atoms with Crippen molar-refractivity contribution < 1.29 is 9.53 Å². The minimum absolute atomic E-state index is 0.0336. The van der Waals surface area contributed by atoms with E-state index in [-0.39, 0.29) is 11.6 Å². The van der Waals surface area contributed by atoms with Crippen molar-refractivity contribution in [2.45, 2.75) is 19.9 Å². The Morgan fingerprint density at radius 2 is 2.12 bits per heavy atom. The number of benzene rings is 1. The Kier molecular flexibility index (Phi) is 6.08. The molecule has 2 aromatic rings. The van der Waals surface area contributed by atoms with Gasteiger partial charge in [0.05, 0.1) is 24.2 Å². The topological polar surface area (TPSA) is 91.4 Å². The number of aromatic amines is 1. The van der Waals surface area contributed by atoms with Gasteiger partial charge in [0, 0.05) is 38.9 Å². The van der Waals surface area contributed by atoms with Crippen LogP contribution in [0.15, 0.2) is 23.0 Å². The van der Waals surface area contributed by atoms with E-state index in [1.165, 1.54) is 0 Å². The molecule has 0 bridgehead atoms. The number of aromatic nitrogens is 2. The van der Waals surface area contributed by atoms with Crippen molar-refractivity contribution in [1.29, 1.82) is 0 Å². The molecule has 8 heteroatoms. The van der Waals surface area contributed by atoms with Crippen LogP contribution in [0.4, 0.5) is 0 Å². The molecule has 1 saturated heterocycles. The molecule has 0 spiro atoms. The van der Waals surface area contributed by atoms with Gasteiger partial charge in [0.2, 0.25) is 0 Å². The zero-order valence-electron chi connectivity index (χ0n) is 15.4. The number of rotatable bonds is 8. The van der Waals surface area contributed by atoms with Crippen molar-refractivity contribution in [3.05, 3.63) is 34.2 Å². The smallest absolute Gasteiger partial charge is 0.326 e. The fraction of sp³-hybridized carbons (Fsp3) is 0.556. The molecule has 2 heterocycles. The number of hydrogen-bond donors (Lipinski definition) is 3. The van der Waals surface area contributed by atoms with Gasteiger partial charge in [-0.2, -0.15) is 0 Å². The fourth-order valence-corrected chi connectivity index (χ4v) is 3.23. The van der Waals surface area contributed by atoms with Crippen LogP contribution >= 0.6 is 0 Å². The van der Waals surface area contributed by atoms with Crippen molar-refractivity contribution in [2.24, 2.45) is 5.92 Å². The fourth-order valence-electron chi connectivity index (χ4n) is 3.23. The highest BCUT2D eigenvalue weighted by molar-refractivity contribution is 5.97. The van der Waals surface area contributed by atoms with Gasteiger partial charge in [0.15, 0.2) is 0 Å². The maximum absolute atomic E-state index is 12.7. The summed E-state index contributed by atoms with van der Waals surface area (Å²) < 4.78 is 6.97. The third kappa shape index (κ3) is 4.14. The van der Waals surface area contributed by atoms with E-state index in [4.69, 9.17) is 4.74 Å². The normalized spacial score (nSPS) is 15.0. The molecule has 1 aliphatic heterocycles. The summed E-state index contributed by atoms with van der Waals surface area (Å²) in [6, 6.07) is 5.36. The summed E-state index contributed by atoms with van der Waals surface area (Å²) in [4.78, 5) is 29.4. The molecule has 3 rings (SSSR count). The lowest BCUT2D eigenvalue weighted by atomic mass is 10.1. The summed E-state index contributed by atoms with van der Waals surface area (Å²) in [5, 5.41) is 0. The number of ether oxygens (including phenoxy) is 1. The molecular formula is C18H27N5O3. The first kappa shape index (κ1) is 18.6. The molecule has 8 nitrogen and oxygen atoms in total. The lowest BCUT2D eigenvalue weighted by Crippen LogP contribution is -2.29. The quantitative estimate of drug-likeness (QED) is 0.598. The average Bonchev–Trinajstić information content (AvgIpc) is 3.26. The van der Waals surface area contributed by atoms with E-state index in [0.717, 1.165) is 25.0 Å². The molecule has 1 amide bonds. The molecule has 3 N–H and O–H groups in total. The molecule has 26 heavy (non-hydrogen) atoms. The van der Waals surface area contributed by atoms with Crippen molar-refractivity contribution in [1.82, 2.24) is 25.3 Å². The van der Waals surface area contributed by atoms with Gasteiger partial charge in [0.25, 0.3) is 5.91 Å². The maximum atomic E-state index is 12.7. The van der Waals surface area contributed by atoms with Crippen molar-refractivity contribution in [2.75, 3.05) is 39.9 Å². The van der Waals surface area contributed by atoms with Gasteiger partial charge in [-0.3, -0.25) is 20.2 Å². The SMILES string of the molecule is CCOCCn1c(=O)[nH]c2cc(C(=O)N(C)CCC3CNNC3)ccc21. The first-order valence-corrected chi connectivity index (χ1v) is 9.11. The van der Waals surface area contributed by atoms with Crippen LogP contribution in [0.2, 0.25) is 0 Å². The van der Waals surface area contributed by atoms with Crippen molar-refractivity contribution >= 4 is 16.9 Å². The van der Waals surface area contributed by atoms with E-state index in [1.54, 1.807) is 21.6 Å². The molecule has 0 saturated carbocycles. The first-order valence-electron chi connectivity index (χ1n) is 9.11. The highest BCUT2D eigenvalue weighted by Gasteiger charge is 2.18. The summed E-state index contributed by atoms with van der Waals surface area (Å²) in [6.07, 6.45) is 0.953. The van der Waals surface area contributed by atoms with Gasteiger partial charge in [-0.05, 0) is 37.5 Å². The van der Waals surface area contributed by atoms with Crippen molar-refractivity contribution in [3.8, 4) is 0 Å². The van der Waals surface area contributed by atoms with Crippen LogP contribution in [0.3, 0.4) is 0 Å². The predicted molar refractivity (Wildman–Crippen MR) is 100 cm³/mol. The zero-order chi connectivity index (χ0) is 18.5. The summed E-state index contributed by atoms with van der Waals surface area (Å²) >= 11 is 0. The monoisotopic (exact) mass is 361 g/mol. The molecule has 1 fully saturated rings. The van der Waals surface area contributed by atoms with Crippen LogP contribution in [-0.2, 0) is 11.3 Å². The summed E-state index contributed by atoms with van der Waals surface area (Å²) in [7, 11) is 1.82. The number of carbonyl (C=O) groups excluding carboxylic acids is 1. The standard InChI is InChI=1S/C18H27N5O3/c1-3-26-9-8-23-16-5-4-14(10-15(16)21-18(23)25)17(24)22(2)7-6-13-11-19-20-12-13/h4-5,10,13,19-20H,3,6-9,11-12H2,1-2H3,(H,21,25). The summed E-state index contributed by atoms with van der Waals surface area (Å²) in [5.74, 6) is 0.511. The molecule has 0 radical (unpaired) electrons. The Morgan fingerprint density at radius 3 is 2.85 bits per heavy atom. The molecule has 1 aromatic carbocycles. The number of H-pyrrole nitrogens is 1. The second-order valence-corrected chi connectivity index (χ2v) is 6.65. The number of imidazole rings is 1. The third-order valence-corrected chi connectivity index (χ3v) is 4.81. The molecule has 142 valence electrons. The molecule has 1 aliphatic rings. The lowest BCUT2D eigenvalue weighted by molar-refractivity contribution is 0.0789. The Hall–Kier alpha value is -2.16. The molecule has 0 atom stereocenters. The number of amides is 1. The van der Waals surface area contributed by atoms with Gasteiger partial charge in [-0.25, -0.2) is 4.79 Å². The summed E-state index contributed by atoms with van der Waals surface area (Å²) in [5.41, 5.74) is 8.08. The van der Waals surface area contributed by atoms with Crippen LogP contribution in [0.1, 0.15) is 23.7 Å².